The molecule has 1 aromatic carbocycles. The van der Waals surface area contributed by atoms with Gasteiger partial charge in [0.2, 0.25) is 11.8 Å². The van der Waals surface area contributed by atoms with Crippen LogP contribution < -0.4 is 20.5 Å². The number of nitrogen functional groups attached to an aromatic ring is 1. The second-order valence-corrected chi connectivity index (χ2v) is 12.5. The van der Waals surface area contributed by atoms with Gasteiger partial charge in [-0.15, -0.1) is 0 Å². The van der Waals surface area contributed by atoms with Gasteiger partial charge in [0.05, 0.1) is 24.8 Å². The quantitative estimate of drug-likeness (QED) is 0.305. The summed E-state index contributed by atoms with van der Waals surface area (Å²) in [6.07, 6.45) is 5.40. The van der Waals surface area contributed by atoms with Crippen LogP contribution in [0, 0.1) is 0 Å². The molecule has 2 aromatic heterocycles. The number of rotatable bonds is 7. The summed E-state index contributed by atoms with van der Waals surface area (Å²) in [5.74, 6) is 1.94. The van der Waals surface area contributed by atoms with E-state index in [2.05, 4.69) is 21.5 Å². The summed E-state index contributed by atoms with van der Waals surface area (Å²) in [5.41, 5.74) is 11.8. The van der Waals surface area contributed by atoms with Crippen molar-refractivity contribution in [1.82, 2.24) is 25.3 Å². The van der Waals surface area contributed by atoms with Crippen LogP contribution in [0.25, 0.3) is 11.5 Å². The molecular weight excluding hydrogens is 565 g/mol. The van der Waals surface area contributed by atoms with Crippen molar-refractivity contribution >= 4 is 11.9 Å². The molecule has 4 heterocycles. The Morgan fingerprint density at radius 3 is 2.89 bits per heavy atom. The molecule has 2 aliphatic heterocycles. The van der Waals surface area contributed by atoms with E-state index in [0.29, 0.717) is 61.8 Å². The highest BCUT2D eigenvalue weighted by Gasteiger charge is 2.49. The first-order valence-electron chi connectivity index (χ1n) is 15.5. The van der Waals surface area contributed by atoms with Gasteiger partial charge in [0.1, 0.15) is 18.4 Å². The average Bonchev–Trinajstić information content (AvgIpc) is 3.71. The molecule has 234 valence electrons. The lowest BCUT2D eigenvalue weighted by atomic mass is 9.68. The van der Waals surface area contributed by atoms with Crippen molar-refractivity contribution in [1.29, 1.82) is 0 Å². The van der Waals surface area contributed by atoms with Crippen LogP contribution in [0.5, 0.6) is 11.8 Å². The monoisotopic (exact) mass is 605 g/mol. The van der Waals surface area contributed by atoms with E-state index < -0.39 is 6.17 Å². The Kier molecular flexibility index (Phi) is 7.75. The minimum absolute atomic E-state index is 0.0703. The smallest absolute Gasteiger partial charge is 0.221 e. The first-order valence-corrected chi connectivity index (χ1v) is 15.5. The summed E-state index contributed by atoms with van der Waals surface area (Å²) in [5, 5.41) is 7.77. The van der Waals surface area contributed by atoms with Gasteiger partial charge in [-0.25, -0.2) is 4.39 Å². The molecule has 0 bridgehead atoms. The number of ether oxygens (including phenoxy) is 3. The lowest BCUT2D eigenvalue weighted by Gasteiger charge is -2.33. The van der Waals surface area contributed by atoms with Crippen molar-refractivity contribution in [3.8, 4) is 23.3 Å². The van der Waals surface area contributed by atoms with Gasteiger partial charge in [0, 0.05) is 49.2 Å². The average molecular weight is 606 g/mol. The molecule has 2 saturated heterocycles. The highest BCUT2D eigenvalue weighted by atomic mass is 19.1. The van der Waals surface area contributed by atoms with Crippen molar-refractivity contribution in [3.63, 3.8) is 0 Å². The minimum atomic E-state index is -0.871. The van der Waals surface area contributed by atoms with Crippen molar-refractivity contribution in [3.05, 3.63) is 46.2 Å². The Labute approximate surface area is 256 Å². The first-order chi connectivity index (χ1) is 21.4. The molecule has 3 aromatic rings. The zero-order chi connectivity index (χ0) is 30.4. The number of anilines is 1. The third-order valence-electron chi connectivity index (χ3n) is 9.63. The molecule has 5 atom stereocenters. The summed E-state index contributed by atoms with van der Waals surface area (Å²) in [6, 6.07) is 5.72. The van der Waals surface area contributed by atoms with Gasteiger partial charge < -0.3 is 24.5 Å². The van der Waals surface area contributed by atoms with Crippen LogP contribution in [0.15, 0.2) is 27.7 Å². The predicted molar refractivity (Wildman–Crippen MR) is 163 cm³/mol. The molecule has 11 nitrogen and oxygen atoms in total. The molecule has 0 unspecified atom stereocenters. The number of aromatic nitrogens is 3. The largest absolute Gasteiger partial charge is 0.473 e. The maximum absolute atomic E-state index is 14.2. The van der Waals surface area contributed by atoms with E-state index in [1.807, 2.05) is 31.2 Å². The fourth-order valence-corrected chi connectivity index (χ4v) is 7.65. The summed E-state index contributed by atoms with van der Waals surface area (Å²) in [7, 11) is 3.69. The van der Waals surface area contributed by atoms with Gasteiger partial charge in [-0.2, -0.15) is 9.97 Å². The fraction of sp³-hybridized carbons (Fsp3) is 0.562. The number of aryl methyl sites for hydroxylation is 1. The van der Waals surface area contributed by atoms with Crippen molar-refractivity contribution in [2.24, 2.45) is 4.99 Å². The molecule has 1 spiro atoms. The molecule has 0 radical (unpaired) electrons. The summed E-state index contributed by atoms with van der Waals surface area (Å²) < 4.78 is 38.6. The Morgan fingerprint density at radius 1 is 1.25 bits per heavy atom. The summed E-state index contributed by atoms with van der Waals surface area (Å²) in [4.78, 5) is 15.9. The highest BCUT2D eigenvalue weighted by Crippen LogP contribution is 2.54. The second-order valence-electron chi connectivity index (χ2n) is 12.5. The van der Waals surface area contributed by atoms with Crippen LogP contribution in [0.1, 0.15) is 60.6 Å². The van der Waals surface area contributed by atoms with E-state index >= 15 is 0 Å². The SMILES string of the molecule is CN=Cc1c(N)ccc2c1[C@]1(CCCc3c(-c4nc(O[C@@H]5CNCOC5)cc(O[C@@H](C)[C@@H]5C[C@@H](F)CN5C)n4)noc31)CC2. The van der Waals surface area contributed by atoms with Crippen LogP contribution in [-0.4, -0.2) is 91.2 Å². The van der Waals surface area contributed by atoms with Gasteiger partial charge in [-0.3, -0.25) is 15.2 Å². The van der Waals surface area contributed by atoms with Crippen LogP contribution in [-0.2, 0) is 23.0 Å². The molecule has 2 fully saturated rings. The number of likely N-dealkylation sites (N-methyl/N-ethyl adjacent to an activating group) is 1. The lowest BCUT2D eigenvalue weighted by Crippen LogP contribution is -2.42. The van der Waals surface area contributed by atoms with Crippen molar-refractivity contribution < 1.29 is 23.1 Å². The van der Waals surface area contributed by atoms with Gasteiger partial charge in [-0.1, -0.05) is 11.2 Å². The molecule has 2 aliphatic carbocycles. The third-order valence-corrected chi connectivity index (χ3v) is 9.63. The predicted octanol–water partition coefficient (Wildman–Crippen LogP) is 3.47. The number of nitrogens with two attached hydrogens (primary N) is 1. The Morgan fingerprint density at radius 2 is 2.11 bits per heavy atom. The lowest BCUT2D eigenvalue weighted by molar-refractivity contribution is 0.00105. The number of nitrogens with one attached hydrogen (secondary N) is 1. The first kappa shape index (κ1) is 29.1. The second kappa shape index (κ2) is 11.7. The zero-order valence-electron chi connectivity index (χ0n) is 25.5. The van der Waals surface area contributed by atoms with E-state index in [1.54, 1.807) is 13.1 Å². The van der Waals surface area contributed by atoms with E-state index in [4.69, 9.17) is 34.4 Å². The number of hydrogen-bond donors (Lipinski definition) is 2. The van der Waals surface area contributed by atoms with Crippen LogP contribution >= 0.6 is 0 Å². The van der Waals surface area contributed by atoms with Crippen LogP contribution in [0.2, 0.25) is 0 Å². The summed E-state index contributed by atoms with van der Waals surface area (Å²) in [6.45, 7) is 3.90. The van der Waals surface area contributed by atoms with Gasteiger partial charge in [0.15, 0.2) is 17.3 Å². The maximum atomic E-state index is 14.2. The number of nitrogens with zero attached hydrogens (tertiary/aromatic N) is 5. The molecule has 7 rings (SSSR count). The molecule has 44 heavy (non-hydrogen) atoms. The number of fused-ring (bicyclic) bond motifs is 4. The number of halogens is 1. The molecule has 3 N–H and O–H groups in total. The minimum Gasteiger partial charge on any atom is -0.473 e. The number of likely N-dealkylation sites (tertiary alicyclic amines) is 1. The Balaban J connectivity index is 1.27. The molecular formula is C32H40FN7O4. The fourth-order valence-electron chi connectivity index (χ4n) is 7.65. The van der Waals surface area contributed by atoms with Gasteiger partial charge >= 0.3 is 0 Å². The van der Waals surface area contributed by atoms with Gasteiger partial charge in [0.25, 0.3) is 0 Å². The van der Waals surface area contributed by atoms with Crippen molar-refractivity contribution in [2.45, 2.75) is 75.3 Å². The topological polar surface area (TPSA) is 133 Å². The number of benzene rings is 1. The Bertz CT molecular complexity index is 1560. The van der Waals surface area contributed by atoms with Gasteiger partial charge in [-0.05, 0) is 69.7 Å². The highest BCUT2D eigenvalue weighted by molar-refractivity contribution is 5.91. The normalized spacial score (nSPS) is 27.5. The van der Waals surface area contributed by atoms with E-state index in [9.17, 15) is 4.39 Å². The third kappa shape index (κ3) is 5.12. The van der Waals surface area contributed by atoms with Crippen LogP contribution in [0.4, 0.5) is 10.1 Å². The number of hydrogen-bond acceptors (Lipinski definition) is 11. The summed E-state index contributed by atoms with van der Waals surface area (Å²) >= 11 is 0. The maximum Gasteiger partial charge on any atom is 0.221 e. The number of aliphatic imine (C=N–C) groups is 1. The number of alkyl halides is 1. The molecule has 4 aliphatic rings. The molecule has 0 saturated carbocycles. The molecule has 12 heteroatoms. The molecule has 0 amide bonds. The van der Waals surface area contributed by atoms with E-state index in [1.165, 1.54) is 11.1 Å². The Hall–Kier alpha value is -3.61. The standard InChI is InChI=1S/C32H40FN7O4/c1-18(25-11-20(33)15-40(25)3)42-26-12-27(43-21-13-36-17-41-16-21)38-31(37-26)29-22-5-4-9-32(30(22)44-39-29)10-8-19-6-7-24(34)23(14-35-2)28(19)32/h6-7,12,14,18,20-21,25,36H,4-5,8-11,13,15-17,34H2,1-3H3/t18-,20+,21+,25-,32-/m0/s1. The zero-order valence-corrected chi connectivity index (χ0v) is 25.5. The van der Waals surface area contributed by atoms with E-state index in [0.717, 1.165) is 49.0 Å². The van der Waals surface area contributed by atoms with Crippen LogP contribution in [0.3, 0.4) is 0 Å². The van der Waals surface area contributed by atoms with Crippen molar-refractivity contribution in [2.75, 3.05) is 46.3 Å². The van der Waals surface area contributed by atoms with E-state index in [-0.39, 0.29) is 23.7 Å².